The number of hydrogen-bond acceptors (Lipinski definition) is 6. The number of hydrogen-bond donors (Lipinski definition) is 1. The quantitative estimate of drug-likeness (QED) is 0.762. The van der Waals surface area contributed by atoms with Crippen molar-refractivity contribution in [2.75, 3.05) is 11.6 Å². The third kappa shape index (κ3) is 3.03. The number of anilines is 2. The van der Waals surface area contributed by atoms with Gasteiger partial charge in [-0.3, -0.25) is 4.21 Å². The molecule has 0 aliphatic carbocycles. The highest BCUT2D eigenvalue weighted by atomic mass is 35.5. The Bertz CT molecular complexity index is 983. The SMILES string of the molecule is CS(=O)c1nc2ncc(C#N)c(Nc3ccc(F)c(Cl)c3)c2s1. The Labute approximate surface area is 142 Å². The number of halogens is 2. The second-order valence-corrected chi connectivity index (χ2v) is 7.46. The average Bonchev–Trinajstić information content (AvgIpc) is 2.96. The molecule has 0 saturated heterocycles. The van der Waals surface area contributed by atoms with E-state index in [0.717, 1.165) is 0 Å². The minimum Gasteiger partial charge on any atom is -0.353 e. The van der Waals surface area contributed by atoms with Gasteiger partial charge in [0.1, 0.15) is 11.9 Å². The molecule has 0 radical (unpaired) electrons. The summed E-state index contributed by atoms with van der Waals surface area (Å²) in [5.74, 6) is -0.529. The van der Waals surface area contributed by atoms with Crippen LogP contribution in [0.4, 0.5) is 15.8 Å². The van der Waals surface area contributed by atoms with E-state index in [0.29, 0.717) is 31.6 Å². The first kappa shape index (κ1) is 15.8. The summed E-state index contributed by atoms with van der Waals surface area (Å²) < 4.78 is 25.9. The van der Waals surface area contributed by atoms with E-state index in [-0.39, 0.29) is 5.02 Å². The minimum atomic E-state index is -1.25. The van der Waals surface area contributed by atoms with Gasteiger partial charge in [-0.2, -0.15) is 5.26 Å². The van der Waals surface area contributed by atoms with Gasteiger partial charge in [-0.05, 0) is 18.2 Å². The number of nitrogens with one attached hydrogen (secondary N) is 1. The van der Waals surface area contributed by atoms with E-state index in [2.05, 4.69) is 15.3 Å². The number of nitrogens with zero attached hydrogens (tertiary/aromatic N) is 3. The number of aromatic nitrogens is 2. The van der Waals surface area contributed by atoms with Gasteiger partial charge < -0.3 is 5.32 Å². The topological polar surface area (TPSA) is 78.7 Å². The van der Waals surface area contributed by atoms with Crippen LogP contribution >= 0.6 is 22.9 Å². The third-order valence-electron chi connectivity index (χ3n) is 2.96. The second-order valence-electron chi connectivity index (χ2n) is 4.50. The van der Waals surface area contributed by atoms with E-state index in [9.17, 15) is 13.9 Å². The van der Waals surface area contributed by atoms with Gasteiger partial charge >= 0.3 is 0 Å². The van der Waals surface area contributed by atoms with Crippen molar-refractivity contribution in [3.05, 3.63) is 40.8 Å². The fourth-order valence-corrected chi connectivity index (χ4v) is 3.78. The highest BCUT2D eigenvalue weighted by molar-refractivity contribution is 7.86. The van der Waals surface area contributed by atoms with E-state index in [1.807, 2.05) is 6.07 Å². The molecule has 1 atom stereocenters. The van der Waals surface area contributed by atoms with Crippen LogP contribution in [0.15, 0.2) is 28.7 Å². The largest absolute Gasteiger partial charge is 0.353 e. The number of fused-ring (bicyclic) bond motifs is 1. The molecule has 2 aromatic heterocycles. The van der Waals surface area contributed by atoms with Crippen molar-refractivity contribution < 1.29 is 8.60 Å². The number of thiazole rings is 1. The molecule has 0 saturated carbocycles. The predicted octanol–water partition coefficient (Wildman–Crippen LogP) is 3.84. The van der Waals surface area contributed by atoms with Crippen molar-refractivity contribution in [1.29, 1.82) is 5.26 Å². The maximum absolute atomic E-state index is 13.3. The molecule has 0 aliphatic rings. The molecule has 9 heteroatoms. The molecule has 0 bridgehead atoms. The maximum Gasteiger partial charge on any atom is 0.183 e. The first-order valence-corrected chi connectivity index (χ1v) is 9.00. The maximum atomic E-state index is 13.3. The Morgan fingerprint density at radius 2 is 2.26 bits per heavy atom. The minimum absolute atomic E-state index is 0.0292. The highest BCUT2D eigenvalue weighted by Gasteiger charge is 2.16. The van der Waals surface area contributed by atoms with Crippen molar-refractivity contribution >= 4 is 55.5 Å². The van der Waals surface area contributed by atoms with E-state index in [1.54, 1.807) is 0 Å². The van der Waals surface area contributed by atoms with Crippen LogP contribution in [0.3, 0.4) is 0 Å². The molecule has 3 aromatic rings. The number of rotatable bonds is 3. The van der Waals surface area contributed by atoms with Crippen LogP contribution < -0.4 is 5.32 Å². The molecule has 0 spiro atoms. The van der Waals surface area contributed by atoms with Gasteiger partial charge in [0, 0.05) is 18.1 Å². The molecule has 116 valence electrons. The summed E-state index contributed by atoms with van der Waals surface area (Å²) in [6.07, 6.45) is 2.91. The molecule has 0 fully saturated rings. The standard InChI is InChI=1S/C14H8ClFN4OS2/c1-23(21)14-20-13-12(22-14)11(7(5-17)6-18-13)19-8-2-3-10(16)9(15)4-8/h2-4,6H,1H3,(H,18,19). The predicted molar refractivity (Wildman–Crippen MR) is 89.2 cm³/mol. The summed E-state index contributed by atoms with van der Waals surface area (Å²) in [6.45, 7) is 0. The smallest absolute Gasteiger partial charge is 0.183 e. The zero-order valence-corrected chi connectivity index (χ0v) is 14.0. The average molecular weight is 367 g/mol. The molecule has 23 heavy (non-hydrogen) atoms. The number of benzene rings is 1. The van der Waals surface area contributed by atoms with Crippen LogP contribution in [0.1, 0.15) is 5.56 Å². The van der Waals surface area contributed by atoms with Crippen molar-refractivity contribution in [2.45, 2.75) is 4.34 Å². The molecule has 0 amide bonds. The Morgan fingerprint density at radius 1 is 1.48 bits per heavy atom. The molecule has 5 nitrogen and oxygen atoms in total. The normalized spacial score (nSPS) is 12.1. The fraction of sp³-hybridized carbons (Fsp3) is 0.0714. The second kappa shape index (κ2) is 6.20. The van der Waals surface area contributed by atoms with Gasteiger partial charge in [-0.15, -0.1) is 11.3 Å². The van der Waals surface area contributed by atoms with Gasteiger partial charge in [0.15, 0.2) is 9.99 Å². The summed E-state index contributed by atoms with van der Waals surface area (Å²) in [7, 11) is -1.25. The highest BCUT2D eigenvalue weighted by Crippen LogP contribution is 2.34. The van der Waals surface area contributed by atoms with E-state index in [1.165, 1.54) is 42.0 Å². The summed E-state index contributed by atoms with van der Waals surface area (Å²) in [5.41, 5.74) is 1.70. The summed E-state index contributed by atoms with van der Waals surface area (Å²) in [4.78, 5) is 8.30. The summed E-state index contributed by atoms with van der Waals surface area (Å²) in [5, 5.41) is 12.3. The molecule has 3 rings (SSSR count). The van der Waals surface area contributed by atoms with Crippen LogP contribution in [0.2, 0.25) is 5.02 Å². The van der Waals surface area contributed by atoms with E-state index >= 15 is 0 Å². The zero-order valence-electron chi connectivity index (χ0n) is 11.6. The van der Waals surface area contributed by atoms with E-state index < -0.39 is 16.6 Å². The Morgan fingerprint density at radius 3 is 2.91 bits per heavy atom. The Hall–Kier alpha value is -2.08. The van der Waals surface area contributed by atoms with Crippen LogP contribution in [0, 0.1) is 17.1 Å². The summed E-state index contributed by atoms with van der Waals surface area (Å²) >= 11 is 6.97. The van der Waals surface area contributed by atoms with Crippen LogP contribution in [-0.2, 0) is 10.8 Å². The van der Waals surface area contributed by atoms with Crippen molar-refractivity contribution in [3.63, 3.8) is 0 Å². The third-order valence-corrected chi connectivity index (χ3v) is 5.64. The Balaban J connectivity index is 2.15. The lowest BCUT2D eigenvalue weighted by Crippen LogP contribution is -1.96. The molecular formula is C14H8ClFN4OS2. The first-order chi connectivity index (χ1) is 11.0. The van der Waals surface area contributed by atoms with Gasteiger partial charge in [0.2, 0.25) is 0 Å². The molecule has 1 unspecified atom stereocenters. The lowest BCUT2D eigenvalue weighted by Gasteiger charge is -2.09. The molecule has 2 heterocycles. The zero-order chi connectivity index (χ0) is 16.6. The van der Waals surface area contributed by atoms with Crippen LogP contribution in [0.5, 0.6) is 0 Å². The molecule has 1 N–H and O–H groups in total. The monoisotopic (exact) mass is 366 g/mol. The van der Waals surface area contributed by atoms with Gasteiger partial charge in [-0.25, -0.2) is 14.4 Å². The molecule has 0 aliphatic heterocycles. The number of pyridine rings is 1. The van der Waals surface area contributed by atoms with Crippen molar-refractivity contribution in [1.82, 2.24) is 9.97 Å². The molecule has 1 aromatic carbocycles. The summed E-state index contributed by atoms with van der Waals surface area (Å²) in [6, 6.07) is 6.20. The van der Waals surface area contributed by atoms with Crippen LogP contribution in [0.25, 0.3) is 10.3 Å². The van der Waals surface area contributed by atoms with Gasteiger partial charge in [0.05, 0.1) is 31.8 Å². The Kier molecular flexibility index (Phi) is 4.26. The lowest BCUT2D eigenvalue weighted by atomic mass is 10.2. The van der Waals surface area contributed by atoms with Crippen LogP contribution in [-0.4, -0.2) is 20.4 Å². The van der Waals surface area contributed by atoms with Gasteiger partial charge in [-0.1, -0.05) is 11.6 Å². The van der Waals surface area contributed by atoms with Crippen molar-refractivity contribution in [3.8, 4) is 6.07 Å². The van der Waals surface area contributed by atoms with Crippen molar-refractivity contribution in [2.24, 2.45) is 0 Å². The lowest BCUT2D eigenvalue weighted by molar-refractivity contribution is 0.628. The van der Waals surface area contributed by atoms with Gasteiger partial charge in [0.25, 0.3) is 0 Å². The molecular weight excluding hydrogens is 359 g/mol. The first-order valence-electron chi connectivity index (χ1n) is 6.24. The van der Waals surface area contributed by atoms with E-state index in [4.69, 9.17) is 11.6 Å². The number of nitriles is 1. The fourth-order valence-electron chi connectivity index (χ4n) is 1.91.